The van der Waals surface area contributed by atoms with Gasteiger partial charge >= 0.3 is 0 Å². The topological polar surface area (TPSA) is 111 Å². The first kappa shape index (κ1) is 21.6. The van der Waals surface area contributed by atoms with Crippen molar-refractivity contribution < 1.29 is 20.4 Å². The Kier molecular flexibility index (Phi) is 8.79. The van der Waals surface area contributed by atoms with Crippen LogP contribution in [0.15, 0.2) is 42.5 Å². The van der Waals surface area contributed by atoms with E-state index in [9.17, 15) is 14.7 Å². The number of benzene rings is 2. The highest BCUT2D eigenvalue weighted by atomic mass is 16.4. The fourth-order valence-electron chi connectivity index (χ4n) is 3.11. The van der Waals surface area contributed by atoms with Gasteiger partial charge in [0.2, 0.25) is 5.91 Å². The lowest BCUT2D eigenvalue weighted by atomic mass is 9.91. The first-order chi connectivity index (χ1) is 12.2. The van der Waals surface area contributed by atoms with E-state index in [4.69, 9.17) is 5.73 Å². The summed E-state index contributed by atoms with van der Waals surface area (Å²) < 4.78 is 0. The maximum absolute atomic E-state index is 10.6. The molecule has 0 fully saturated rings. The molecule has 5 nitrogen and oxygen atoms in total. The molecule has 5 N–H and O–H groups in total. The molecule has 5 heteroatoms. The molecule has 0 aliphatic carbocycles. The summed E-state index contributed by atoms with van der Waals surface area (Å²) in [4.78, 5) is 20.9. The van der Waals surface area contributed by atoms with Crippen LogP contribution in [0.1, 0.15) is 51.6 Å². The van der Waals surface area contributed by atoms with Gasteiger partial charge in [0.1, 0.15) is 6.04 Å². The van der Waals surface area contributed by atoms with Crippen LogP contribution in [0.4, 0.5) is 0 Å². The second-order valence-corrected chi connectivity index (χ2v) is 7.21. The fraction of sp³-hybridized carbons (Fsp3) is 0.429. The summed E-state index contributed by atoms with van der Waals surface area (Å²) in [6.07, 6.45) is 0.740. The summed E-state index contributed by atoms with van der Waals surface area (Å²) in [6.45, 7) is 6.08. The molecule has 26 heavy (non-hydrogen) atoms. The van der Waals surface area contributed by atoms with E-state index < -0.39 is 11.9 Å². The second kappa shape index (κ2) is 10.6. The number of aliphatic carboxylic acids is 1. The van der Waals surface area contributed by atoms with E-state index in [-0.39, 0.29) is 18.8 Å². The summed E-state index contributed by atoms with van der Waals surface area (Å²) in [5, 5.41) is 12.9. The normalized spacial score (nSPS) is 13.0. The molecule has 0 saturated carbocycles. The minimum atomic E-state index is -1.12. The number of rotatable bonds is 7. The van der Waals surface area contributed by atoms with E-state index in [1.54, 1.807) is 0 Å². The quantitative estimate of drug-likeness (QED) is 0.787. The predicted molar refractivity (Wildman–Crippen MR) is 102 cm³/mol. The number of quaternary nitrogens is 1. The molecule has 1 amide bonds. The van der Waals surface area contributed by atoms with Crippen LogP contribution < -0.4 is 16.6 Å². The fourth-order valence-corrected chi connectivity index (χ4v) is 3.11. The van der Waals surface area contributed by atoms with Gasteiger partial charge in [-0.25, -0.2) is 0 Å². The minimum absolute atomic E-state index is 0.0822. The first-order valence-electron chi connectivity index (χ1n) is 8.99. The van der Waals surface area contributed by atoms with Crippen molar-refractivity contribution in [2.75, 3.05) is 0 Å². The SMILES string of the molecule is CC(C)C[C@H](CC(N)=O)CC(=O)[O-].C[C@@H]([NH3+])c1cccc2ccccc12. The van der Waals surface area contributed by atoms with Gasteiger partial charge in [-0.2, -0.15) is 0 Å². The van der Waals surface area contributed by atoms with Gasteiger partial charge in [-0.05, 0) is 42.4 Å². The highest BCUT2D eigenvalue weighted by Gasteiger charge is 2.13. The Morgan fingerprint density at radius 3 is 2.19 bits per heavy atom. The predicted octanol–water partition coefficient (Wildman–Crippen LogP) is 1.81. The number of nitrogens with two attached hydrogens (primary N) is 1. The molecule has 0 aromatic heterocycles. The standard InChI is InChI=1S/C12H13N.C9H17NO3/c1-9(13)11-8-4-6-10-5-2-3-7-12(10)11;1-6(2)3-7(4-8(10)11)5-9(12)13/h2-9H,13H2,1H3;6-7H,3-5H2,1-2H3,(H2,10,11)(H,12,13)/t9-;7-/m11/s1. The van der Waals surface area contributed by atoms with Crippen molar-refractivity contribution in [1.29, 1.82) is 0 Å². The highest BCUT2D eigenvalue weighted by molar-refractivity contribution is 5.85. The number of primary amides is 1. The van der Waals surface area contributed by atoms with Crippen molar-refractivity contribution in [2.45, 2.75) is 46.1 Å². The lowest BCUT2D eigenvalue weighted by molar-refractivity contribution is -0.420. The molecule has 0 aliphatic rings. The minimum Gasteiger partial charge on any atom is -0.550 e. The number of hydrogen-bond acceptors (Lipinski definition) is 3. The highest BCUT2D eigenvalue weighted by Crippen LogP contribution is 2.21. The second-order valence-electron chi connectivity index (χ2n) is 7.21. The molecule has 0 aliphatic heterocycles. The van der Waals surface area contributed by atoms with Gasteiger partial charge in [0, 0.05) is 18.0 Å². The zero-order chi connectivity index (χ0) is 19.7. The van der Waals surface area contributed by atoms with Gasteiger partial charge in [0.25, 0.3) is 0 Å². The Morgan fingerprint density at radius 2 is 1.65 bits per heavy atom. The van der Waals surface area contributed by atoms with Gasteiger partial charge in [-0.15, -0.1) is 0 Å². The van der Waals surface area contributed by atoms with Crippen molar-refractivity contribution >= 4 is 22.6 Å². The molecule has 2 aromatic carbocycles. The molecule has 0 unspecified atom stereocenters. The molecule has 2 rings (SSSR count). The Bertz CT molecular complexity index is 705. The third kappa shape index (κ3) is 7.66. The van der Waals surface area contributed by atoms with Gasteiger partial charge in [-0.3, -0.25) is 4.79 Å². The van der Waals surface area contributed by atoms with E-state index in [0.717, 1.165) is 0 Å². The molecular weight excluding hydrogens is 328 g/mol. The van der Waals surface area contributed by atoms with Crippen molar-refractivity contribution in [2.24, 2.45) is 17.6 Å². The lowest BCUT2D eigenvalue weighted by Gasteiger charge is -2.17. The van der Waals surface area contributed by atoms with Crippen LogP contribution in [0, 0.1) is 11.8 Å². The van der Waals surface area contributed by atoms with E-state index in [1.807, 2.05) is 13.8 Å². The maximum Gasteiger partial charge on any atom is 0.217 e. The summed E-state index contributed by atoms with van der Waals surface area (Å²) in [6, 6.07) is 15.2. The zero-order valence-corrected chi connectivity index (χ0v) is 15.9. The van der Waals surface area contributed by atoms with Crippen LogP contribution in [0.2, 0.25) is 0 Å². The number of amides is 1. The smallest absolute Gasteiger partial charge is 0.217 e. The third-order valence-electron chi connectivity index (χ3n) is 4.10. The molecule has 142 valence electrons. The van der Waals surface area contributed by atoms with Crippen molar-refractivity contribution in [3.63, 3.8) is 0 Å². The average molecular weight is 358 g/mol. The van der Waals surface area contributed by atoms with Gasteiger partial charge in [0.15, 0.2) is 0 Å². The molecule has 0 heterocycles. The molecule has 0 radical (unpaired) electrons. The van der Waals surface area contributed by atoms with E-state index >= 15 is 0 Å². The number of hydrogen-bond donors (Lipinski definition) is 2. The molecule has 2 aromatic rings. The molecular formula is C21H30N2O3. The molecule has 0 bridgehead atoms. The van der Waals surface area contributed by atoms with E-state index in [0.29, 0.717) is 18.4 Å². The monoisotopic (exact) mass is 358 g/mol. The van der Waals surface area contributed by atoms with E-state index in [2.05, 4.69) is 55.1 Å². The van der Waals surface area contributed by atoms with E-state index in [1.165, 1.54) is 16.3 Å². The van der Waals surface area contributed by atoms with Crippen LogP contribution in [0.5, 0.6) is 0 Å². The Labute approximate surface area is 155 Å². The van der Waals surface area contributed by atoms with Gasteiger partial charge < -0.3 is 21.4 Å². The first-order valence-corrected chi connectivity index (χ1v) is 8.99. The number of carboxylic acid groups (broad SMARTS) is 1. The van der Waals surface area contributed by atoms with Crippen molar-refractivity contribution in [1.82, 2.24) is 0 Å². The van der Waals surface area contributed by atoms with Crippen LogP contribution in [-0.4, -0.2) is 11.9 Å². The average Bonchev–Trinajstić information content (AvgIpc) is 2.52. The van der Waals surface area contributed by atoms with Gasteiger partial charge in [-0.1, -0.05) is 56.3 Å². The van der Waals surface area contributed by atoms with Crippen LogP contribution in [0.3, 0.4) is 0 Å². The number of fused-ring (bicyclic) bond motifs is 1. The van der Waals surface area contributed by atoms with Crippen LogP contribution in [-0.2, 0) is 9.59 Å². The molecule has 0 saturated heterocycles. The van der Waals surface area contributed by atoms with Crippen molar-refractivity contribution in [3.8, 4) is 0 Å². The number of carboxylic acids is 1. The largest absolute Gasteiger partial charge is 0.550 e. The summed E-state index contributed by atoms with van der Waals surface area (Å²) in [5.74, 6) is -1.38. The summed E-state index contributed by atoms with van der Waals surface area (Å²) in [7, 11) is 0. The molecule has 2 atom stereocenters. The number of carbonyl (C=O) groups excluding carboxylic acids is 2. The zero-order valence-electron chi connectivity index (χ0n) is 15.9. The summed E-state index contributed by atoms with van der Waals surface area (Å²) in [5.41, 5.74) is 10.4. The Hall–Kier alpha value is -2.40. The summed E-state index contributed by atoms with van der Waals surface area (Å²) >= 11 is 0. The number of carbonyl (C=O) groups is 2. The Morgan fingerprint density at radius 1 is 1.04 bits per heavy atom. The van der Waals surface area contributed by atoms with Crippen LogP contribution >= 0.6 is 0 Å². The maximum atomic E-state index is 10.6. The van der Waals surface area contributed by atoms with Crippen LogP contribution in [0.25, 0.3) is 10.8 Å². The molecule has 0 spiro atoms. The van der Waals surface area contributed by atoms with Crippen molar-refractivity contribution in [3.05, 3.63) is 48.0 Å². The Balaban J connectivity index is 0.000000260. The third-order valence-corrected chi connectivity index (χ3v) is 4.10. The van der Waals surface area contributed by atoms with Gasteiger partial charge in [0.05, 0.1) is 0 Å². The lowest BCUT2D eigenvalue weighted by Crippen LogP contribution is -2.51.